The van der Waals surface area contributed by atoms with Crippen molar-refractivity contribution in [2.45, 2.75) is 19.8 Å². The number of carboxylic acids is 1. The van der Waals surface area contributed by atoms with Crippen LogP contribution in [0.15, 0.2) is 6.20 Å². The normalized spacial score (nSPS) is 10.4. The Morgan fingerprint density at radius 2 is 2.18 bits per heavy atom. The molecule has 0 aliphatic heterocycles. The van der Waals surface area contributed by atoms with Gasteiger partial charge in [-0.2, -0.15) is 0 Å². The van der Waals surface area contributed by atoms with Crippen molar-refractivity contribution in [3.63, 3.8) is 0 Å². The van der Waals surface area contributed by atoms with Crippen molar-refractivity contribution in [2.75, 3.05) is 6.54 Å². The highest BCUT2D eigenvalue weighted by Gasteiger charge is 2.15. The van der Waals surface area contributed by atoms with Crippen molar-refractivity contribution in [3.8, 4) is 0 Å². The van der Waals surface area contributed by atoms with Crippen LogP contribution in [0.5, 0.6) is 0 Å². The van der Waals surface area contributed by atoms with E-state index in [9.17, 15) is 9.59 Å². The van der Waals surface area contributed by atoms with Gasteiger partial charge in [0.05, 0.1) is 11.2 Å². The maximum absolute atomic E-state index is 11.6. The number of carboxylic acid groups (broad SMARTS) is 1. The van der Waals surface area contributed by atoms with Gasteiger partial charge in [0.1, 0.15) is 18.1 Å². The summed E-state index contributed by atoms with van der Waals surface area (Å²) < 4.78 is 0. The SMILES string of the molecule is CC(C)c1ncc(Cl)c(C(=O)NCC(=O)O)n1. The van der Waals surface area contributed by atoms with Gasteiger partial charge in [0.25, 0.3) is 5.91 Å². The monoisotopic (exact) mass is 257 g/mol. The lowest BCUT2D eigenvalue weighted by Gasteiger charge is -2.07. The number of hydrogen-bond donors (Lipinski definition) is 2. The number of nitrogens with one attached hydrogen (secondary N) is 1. The van der Waals surface area contributed by atoms with Gasteiger partial charge in [0, 0.05) is 5.92 Å². The third kappa shape index (κ3) is 3.67. The topological polar surface area (TPSA) is 92.2 Å². The third-order valence-corrected chi connectivity index (χ3v) is 2.17. The van der Waals surface area contributed by atoms with Gasteiger partial charge in [0.2, 0.25) is 0 Å². The molecular formula is C10H12ClN3O3. The van der Waals surface area contributed by atoms with E-state index in [-0.39, 0.29) is 16.6 Å². The molecule has 0 unspecified atom stereocenters. The molecule has 0 fully saturated rings. The number of nitrogens with zero attached hydrogens (tertiary/aromatic N) is 2. The van der Waals surface area contributed by atoms with Crippen LogP contribution in [0.1, 0.15) is 36.1 Å². The van der Waals surface area contributed by atoms with Crippen LogP contribution in [0.25, 0.3) is 0 Å². The quantitative estimate of drug-likeness (QED) is 0.842. The number of halogens is 1. The van der Waals surface area contributed by atoms with Crippen LogP contribution in [0.3, 0.4) is 0 Å². The van der Waals surface area contributed by atoms with E-state index in [0.29, 0.717) is 5.82 Å². The van der Waals surface area contributed by atoms with E-state index in [2.05, 4.69) is 15.3 Å². The Morgan fingerprint density at radius 3 is 2.71 bits per heavy atom. The van der Waals surface area contributed by atoms with Gasteiger partial charge in [0.15, 0.2) is 0 Å². The molecule has 0 aliphatic rings. The van der Waals surface area contributed by atoms with Crippen LogP contribution in [-0.2, 0) is 4.79 Å². The van der Waals surface area contributed by atoms with Crippen molar-refractivity contribution in [1.82, 2.24) is 15.3 Å². The predicted molar refractivity (Wildman–Crippen MR) is 61.1 cm³/mol. The summed E-state index contributed by atoms with van der Waals surface area (Å²) in [5.74, 6) is -1.22. The molecule has 7 heteroatoms. The number of aromatic nitrogens is 2. The summed E-state index contributed by atoms with van der Waals surface area (Å²) in [6, 6.07) is 0. The molecule has 0 saturated carbocycles. The van der Waals surface area contributed by atoms with Crippen LogP contribution < -0.4 is 5.32 Å². The summed E-state index contributed by atoms with van der Waals surface area (Å²) in [7, 11) is 0. The molecule has 0 radical (unpaired) electrons. The summed E-state index contributed by atoms with van der Waals surface area (Å²) in [4.78, 5) is 29.9. The zero-order chi connectivity index (χ0) is 13.0. The molecule has 0 saturated heterocycles. The number of carbonyl (C=O) groups excluding carboxylic acids is 1. The maximum atomic E-state index is 11.6. The highest BCUT2D eigenvalue weighted by molar-refractivity contribution is 6.33. The average molecular weight is 258 g/mol. The Balaban J connectivity index is 2.92. The van der Waals surface area contributed by atoms with Crippen LogP contribution in [0, 0.1) is 0 Å². The van der Waals surface area contributed by atoms with Crippen molar-refractivity contribution < 1.29 is 14.7 Å². The van der Waals surface area contributed by atoms with E-state index < -0.39 is 18.4 Å². The minimum absolute atomic E-state index is 0.00776. The zero-order valence-corrected chi connectivity index (χ0v) is 10.2. The Kier molecular flexibility index (Phi) is 4.39. The molecule has 1 amide bonds. The van der Waals surface area contributed by atoms with Crippen LogP contribution in [0.2, 0.25) is 5.02 Å². The largest absolute Gasteiger partial charge is 0.480 e. The molecule has 0 atom stereocenters. The number of hydrogen-bond acceptors (Lipinski definition) is 4. The summed E-state index contributed by atoms with van der Waals surface area (Å²) >= 11 is 5.78. The van der Waals surface area contributed by atoms with Gasteiger partial charge >= 0.3 is 5.97 Å². The molecule has 1 aromatic heterocycles. The van der Waals surface area contributed by atoms with Gasteiger partial charge in [-0.25, -0.2) is 9.97 Å². The van der Waals surface area contributed by atoms with E-state index in [0.717, 1.165) is 0 Å². The second-order valence-corrected chi connectivity index (χ2v) is 4.06. The zero-order valence-electron chi connectivity index (χ0n) is 9.40. The van der Waals surface area contributed by atoms with Crippen LogP contribution in [0.4, 0.5) is 0 Å². The molecule has 1 rings (SSSR count). The van der Waals surface area contributed by atoms with Gasteiger partial charge in [-0.3, -0.25) is 9.59 Å². The average Bonchev–Trinajstić information content (AvgIpc) is 2.26. The van der Waals surface area contributed by atoms with Gasteiger partial charge in [-0.05, 0) is 0 Å². The summed E-state index contributed by atoms with van der Waals surface area (Å²) in [6.07, 6.45) is 1.33. The molecule has 6 nitrogen and oxygen atoms in total. The van der Waals surface area contributed by atoms with E-state index in [1.165, 1.54) is 6.20 Å². The first-order chi connectivity index (χ1) is 7.91. The van der Waals surface area contributed by atoms with Gasteiger partial charge in [-0.15, -0.1) is 0 Å². The summed E-state index contributed by atoms with van der Waals surface area (Å²) in [6.45, 7) is 3.28. The summed E-state index contributed by atoms with van der Waals surface area (Å²) in [5, 5.41) is 10.7. The third-order valence-electron chi connectivity index (χ3n) is 1.89. The molecule has 0 aliphatic carbocycles. The standard InChI is InChI=1S/C10H12ClN3O3/c1-5(2)9-12-3-6(11)8(14-9)10(17)13-4-7(15)16/h3,5H,4H2,1-2H3,(H,13,17)(H,15,16). The first-order valence-electron chi connectivity index (χ1n) is 4.94. The molecule has 1 aromatic rings. The molecule has 2 N–H and O–H groups in total. The first kappa shape index (κ1) is 13.4. The lowest BCUT2D eigenvalue weighted by Crippen LogP contribution is -2.30. The molecule has 17 heavy (non-hydrogen) atoms. The molecule has 0 bridgehead atoms. The fourth-order valence-electron chi connectivity index (χ4n) is 1.06. The lowest BCUT2D eigenvalue weighted by atomic mass is 10.2. The van der Waals surface area contributed by atoms with Crippen molar-refractivity contribution in [2.24, 2.45) is 0 Å². The van der Waals surface area contributed by atoms with E-state index in [1.807, 2.05) is 13.8 Å². The first-order valence-corrected chi connectivity index (χ1v) is 5.32. The highest BCUT2D eigenvalue weighted by Crippen LogP contribution is 2.15. The molecular weight excluding hydrogens is 246 g/mol. The smallest absolute Gasteiger partial charge is 0.322 e. The van der Waals surface area contributed by atoms with Crippen molar-refractivity contribution in [3.05, 3.63) is 22.7 Å². The molecule has 0 aromatic carbocycles. The Labute approximate surface area is 103 Å². The fraction of sp³-hybridized carbons (Fsp3) is 0.400. The molecule has 92 valence electrons. The highest BCUT2D eigenvalue weighted by atomic mass is 35.5. The Hall–Kier alpha value is -1.69. The maximum Gasteiger partial charge on any atom is 0.322 e. The fourth-order valence-corrected chi connectivity index (χ4v) is 1.23. The van der Waals surface area contributed by atoms with Crippen LogP contribution in [-0.4, -0.2) is 33.5 Å². The minimum atomic E-state index is -1.13. The molecule has 1 heterocycles. The number of amides is 1. The lowest BCUT2D eigenvalue weighted by molar-refractivity contribution is -0.135. The van der Waals surface area contributed by atoms with Crippen molar-refractivity contribution >= 4 is 23.5 Å². The predicted octanol–water partition coefficient (Wildman–Crippen LogP) is 1.07. The minimum Gasteiger partial charge on any atom is -0.480 e. The van der Waals surface area contributed by atoms with E-state index in [4.69, 9.17) is 16.7 Å². The number of rotatable bonds is 4. The molecule has 0 spiro atoms. The summed E-state index contributed by atoms with van der Waals surface area (Å²) in [5.41, 5.74) is -0.00776. The number of aliphatic carboxylic acids is 1. The van der Waals surface area contributed by atoms with Gasteiger partial charge < -0.3 is 10.4 Å². The van der Waals surface area contributed by atoms with E-state index >= 15 is 0 Å². The van der Waals surface area contributed by atoms with E-state index in [1.54, 1.807) is 0 Å². The Bertz CT molecular complexity index is 448. The van der Waals surface area contributed by atoms with Crippen LogP contribution >= 0.6 is 11.6 Å². The second-order valence-electron chi connectivity index (χ2n) is 3.66. The van der Waals surface area contributed by atoms with Crippen molar-refractivity contribution in [1.29, 1.82) is 0 Å². The second kappa shape index (κ2) is 5.58. The Morgan fingerprint density at radius 1 is 1.53 bits per heavy atom. The number of carbonyl (C=O) groups is 2. The van der Waals surface area contributed by atoms with Gasteiger partial charge in [-0.1, -0.05) is 25.4 Å².